The molecule has 1 aromatic carbocycles. The van der Waals surface area contributed by atoms with Crippen LogP contribution < -0.4 is 4.72 Å². The zero-order chi connectivity index (χ0) is 11.3. The zero-order valence-electron chi connectivity index (χ0n) is 9.46. The largest absolute Gasteiger partial charge is 0.296 e. The van der Waals surface area contributed by atoms with E-state index < -0.39 is 0 Å². The van der Waals surface area contributed by atoms with Crippen LogP contribution in [0.2, 0.25) is 0 Å². The molecule has 3 heteroatoms. The SMILES string of the molecule is CCCC(=O)NSc1cccc(C)c1C. The maximum atomic E-state index is 11.3. The third-order valence-electron chi connectivity index (χ3n) is 2.31. The number of nitrogens with one attached hydrogen (secondary N) is 1. The van der Waals surface area contributed by atoms with Gasteiger partial charge in [0.1, 0.15) is 0 Å². The number of amides is 1. The minimum absolute atomic E-state index is 0.100. The van der Waals surface area contributed by atoms with Crippen LogP contribution in [0.1, 0.15) is 30.9 Å². The number of hydrogen-bond acceptors (Lipinski definition) is 2. The minimum Gasteiger partial charge on any atom is -0.296 e. The highest BCUT2D eigenvalue weighted by atomic mass is 32.2. The van der Waals surface area contributed by atoms with Crippen molar-refractivity contribution in [3.8, 4) is 0 Å². The lowest BCUT2D eigenvalue weighted by Crippen LogP contribution is -2.14. The summed E-state index contributed by atoms with van der Waals surface area (Å²) >= 11 is 1.41. The smallest absolute Gasteiger partial charge is 0.230 e. The summed E-state index contributed by atoms with van der Waals surface area (Å²) in [4.78, 5) is 12.4. The van der Waals surface area contributed by atoms with Crippen molar-refractivity contribution >= 4 is 17.9 Å². The molecule has 15 heavy (non-hydrogen) atoms. The second kappa shape index (κ2) is 5.81. The lowest BCUT2D eigenvalue weighted by Gasteiger charge is -2.08. The van der Waals surface area contributed by atoms with E-state index in [-0.39, 0.29) is 5.91 Å². The molecule has 0 saturated carbocycles. The highest BCUT2D eigenvalue weighted by molar-refractivity contribution is 7.98. The first kappa shape index (κ1) is 12.1. The fourth-order valence-electron chi connectivity index (χ4n) is 1.22. The van der Waals surface area contributed by atoms with Gasteiger partial charge in [-0.25, -0.2) is 0 Å². The number of carbonyl (C=O) groups excluding carboxylic acids is 1. The highest BCUT2D eigenvalue weighted by Crippen LogP contribution is 2.21. The fraction of sp³-hybridized carbons (Fsp3) is 0.417. The third kappa shape index (κ3) is 3.59. The minimum atomic E-state index is 0.100. The normalized spacial score (nSPS) is 10.1. The Balaban J connectivity index is 2.58. The van der Waals surface area contributed by atoms with Crippen molar-refractivity contribution < 1.29 is 4.79 Å². The van der Waals surface area contributed by atoms with E-state index in [1.165, 1.54) is 23.1 Å². The van der Waals surface area contributed by atoms with Crippen LogP contribution in [0, 0.1) is 13.8 Å². The summed E-state index contributed by atoms with van der Waals surface area (Å²) in [5, 5.41) is 0. The van der Waals surface area contributed by atoms with Gasteiger partial charge in [0.25, 0.3) is 0 Å². The molecule has 0 bridgehead atoms. The molecule has 0 aromatic heterocycles. The van der Waals surface area contributed by atoms with Gasteiger partial charge in [-0.15, -0.1) is 0 Å². The maximum Gasteiger partial charge on any atom is 0.230 e. The van der Waals surface area contributed by atoms with Crippen molar-refractivity contribution in [3.63, 3.8) is 0 Å². The summed E-state index contributed by atoms with van der Waals surface area (Å²) in [5.74, 6) is 0.100. The number of aryl methyl sites for hydroxylation is 1. The Morgan fingerprint density at radius 3 is 2.80 bits per heavy atom. The van der Waals surface area contributed by atoms with Gasteiger partial charge >= 0.3 is 0 Å². The van der Waals surface area contributed by atoms with E-state index in [0.717, 1.165) is 11.3 Å². The molecule has 0 radical (unpaired) electrons. The molecule has 0 aliphatic carbocycles. The van der Waals surface area contributed by atoms with E-state index in [2.05, 4.69) is 24.6 Å². The molecule has 0 unspecified atom stereocenters. The number of rotatable bonds is 4. The van der Waals surface area contributed by atoms with Crippen molar-refractivity contribution in [1.82, 2.24) is 4.72 Å². The Morgan fingerprint density at radius 1 is 1.40 bits per heavy atom. The number of benzene rings is 1. The van der Waals surface area contributed by atoms with Gasteiger partial charge in [0.05, 0.1) is 0 Å². The Bertz CT molecular complexity index is 349. The average Bonchev–Trinajstić information content (AvgIpc) is 2.21. The van der Waals surface area contributed by atoms with Crippen LogP contribution in [0.15, 0.2) is 23.1 Å². The van der Waals surface area contributed by atoms with Crippen molar-refractivity contribution in [2.75, 3.05) is 0 Å². The van der Waals surface area contributed by atoms with Crippen LogP contribution in [0.3, 0.4) is 0 Å². The molecule has 2 nitrogen and oxygen atoms in total. The maximum absolute atomic E-state index is 11.3. The summed E-state index contributed by atoms with van der Waals surface area (Å²) in [6, 6.07) is 6.11. The molecule has 0 spiro atoms. The molecule has 0 heterocycles. The Labute approximate surface area is 95.6 Å². The highest BCUT2D eigenvalue weighted by Gasteiger charge is 2.03. The van der Waals surface area contributed by atoms with Gasteiger partial charge in [-0.2, -0.15) is 0 Å². The molecule has 1 rings (SSSR count). The predicted octanol–water partition coefficient (Wildman–Crippen LogP) is 3.23. The van der Waals surface area contributed by atoms with Gasteiger partial charge in [0.15, 0.2) is 0 Å². The van der Waals surface area contributed by atoms with Crippen LogP contribution in [0.4, 0.5) is 0 Å². The van der Waals surface area contributed by atoms with Gasteiger partial charge in [0, 0.05) is 11.3 Å². The second-order valence-electron chi connectivity index (χ2n) is 3.58. The van der Waals surface area contributed by atoms with E-state index in [1.807, 2.05) is 19.1 Å². The van der Waals surface area contributed by atoms with Gasteiger partial charge in [-0.05, 0) is 49.4 Å². The van der Waals surface area contributed by atoms with Crippen LogP contribution in [0.5, 0.6) is 0 Å². The van der Waals surface area contributed by atoms with Gasteiger partial charge in [-0.3, -0.25) is 9.52 Å². The molecular weight excluding hydrogens is 206 g/mol. The van der Waals surface area contributed by atoms with Crippen molar-refractivity contribution in [1.29, 1.82) is 0 Å². The Hall–Kier alpha value is -0.960. The summed E-state index contributed by atoms with van der Waals surface area (Å²) in [6.45, 7) is 6.15. The monoisotopic (exact) mass is 223 g/mol. The molecule has 0 fully saturated rings. The second-order valence-corrected chi connectivity index (χ2v) is 4.42. The Kier molecular flexibility index (Phi) is 4.69. The number of hydrogen-bond donors (Lipinski definition) is 1. The molecule has 82 valence electrons. The number of carbonyl (C=O) groups is 1. The van der Waals surface area contributed by atoms with E-state index in [1.54, 1.807) is 0 Å². The summed E-state index contributed by atoms with van der Waals surface area (Å²) in [6.07, 6.45) is 1.48. The first-order valence-corrected chi connectivity index (χ1v) is 5.98. The molecule has 1 amide bonds. The van der Waals surface area contributed by atoms with E-state index in [0.29, 0.717) is 6.42 Å². The molecule has 0 aliphatic rings. The van der Waals surface area contributed by atoms with Crippen LogP contribution in [-0.2, 0) is 4.79 Å². The fourth-order valence-corrected chi connectivity index (χ4v) is 2.01. The van der Waals surface area contributed by atoms with E-state index >= 15 is 0 Å². The first-order chi connectivity index (χ1) is 7.15. The van der Waals surface area contributed by atoms with E-state index in [4.69, 9.17) is 0 Å². The lowest BCUT2D eigenvalue weighted by atomic mass is 10.1. The third-order valence-corrected chi connectivity index (χ3v) is 3.30. The molecule has 0 aliphatic heterocycles. The quantitative estimate of drug-likeness (QED) is 0.794. The topological polar surface area (TPSA) is 29.1 Å². The molecular formula is C12H17NOS. The molecule has 0 saturated heterocycles. The zero-order valence-corrected chi connectivity index (χ0v) is 10.3. The standard InChI is InChI=1S/C12H17NOS/c1-4-6-12(14)13-15-11-8-5-7-9(2)10(11)3/h5,7-8H,4,6H2,1-3H3,(H,13,14). The summed E-state index contributed by atoms with van der Waals surface area (Å²) in [7, 11) is 0. The van der Waals surface area contributed by atoms with Crippen molar-refractivity contribution in [2.24, 2.45) is 0 Å². The van der Waals surface area contributed by atoms with Crippen LogP contribution in [-0.4, -0.2) is 5.91 Å². The first-order valence-electron chi connectivity index (χ1n) is 5.17. The van der Waals surface area contributed by atoms with Crippen LogP contribution >= 0.6 is 11.9 Å². The Morgan fingerprint density at radius 2 is 2.13 bits per heavy atom. The van der Waals surface area contributed by atoms with Crippen LogP contribution in [0.25, 0.3) is 0 Å². The summed E-state index contributed by atoms with van der Waals surface area (Å²) < 4.78 is 2.85. The molecule has 1 N–H and O–H groups in total. The van der Waals surface area contributed by atoms with E-state index in [9.17, 15) is 4.79 Å². The van der Waals surface area contributed by atoms with Gasteiger partial charge in [-0.1, -0.05) is 19.1 Å². The van der Waals surface area contributed by atoms with Crippen molar-refractivity contribution in [3.05, 3.63) is 29.3 Å². The molecule has 0 atom stereocenters. The lowest BCUT2D eigenvalue weighted by molar-refractivity contribution is -0.119. The summed E-state index contributed by atoms with van der Waals surface area (Å²) in [5.41, 5.74) is 2.49. The molecule has 1 aromatic rings. The van der Waals surface area contributed by atoms with Gasteiger partial charge < -0.3 is 0 Å². The predicted molar refractivity (Wildman–Crippen MR) is 64.8 cm³/mol. The van der Waals surface area contributed by atoms with Crippen molar-refractivity contribution in [2.45, 2.75) is 38.5 Å². The van der Waals surface area contributed by atoms with Gasteiger partial charge in [0.2, 0.25) is 5.91 Å². The average molecular weight is 223 g/mol.